The lowest BCUT2D eigenvalue weighted by Crippen LogP contribution is -2.32. The number of hydrogen-bond acceptors (Lipinski definition) is 3. The molecule has 0 bridgehead atoms. The molecule has 0 fully saturated rings. The van der Waals surface area contributed by atoms with E-state index in [1.165, 1.54) is 0 Å². The van der Waals surface area contributed by atoms with Gasteiger partial charge in [0.05, 0.1) is 0 Å². The minimum Gasteiger partial charge on any atom is -0.482 e. The maximum absolute atomic E-state index is 12.2. The summed E-state index contributed by atoms with van der Waals surface area (Å²) in [4.78, 5) is 11.2. The molecule has 2 atom stereocenters. The van der Waals surface area contributed by atoms with Crippen LogP contribution in [0.15, 0.2) is 24.3 Å². The van der Waals surface area contributed by atoms with Gasteiger partial charge in [-0.1, -0.05) is 26.0 Å². The summed E-state index contributed by atoms with van der Waals surface area (Å²) in [7, 11) is 0. The van der Waals surface area contributed by atoms with Gasteiger partial charge in [0.2, 0.25) is 0 Å². The summed E-state index contributed by atoms with van der Waals surface area (Å²) in [5.41, 5.74) is 1.14. The maximum atomic E-state index is 12.2. The highest BCUT2D eigenvalue weighted by Crippen LogP contribution is 2.23. The zero-order valence-corrected chi connectivity index (χ0v) is 12.2. The van der Waals surface area contributed by atoms with Gasteiger partial charge in [-0.05, 0) is 37.0 Å². The van der Waals surface area contributed by atoms with Crippen LogP contribution in [-0.4, -0.2) is 24.9 Å². The van der Waals surface area contributed by atoms with E-state index >= 15 is 0 Å². The summed E-state index contributed by atoms with van der Waals surface area (Å²) < 4.78 is 46.0. The van der Waals surface area contributed by atoms with Gasteiger partial charge in [-0.25, -0.2) is 4.79 Å². The third kappa shape index (κ3) is 5.65. The molecular weight excluding hydrogens is 285 g/mol. The standard InChI is InChI=1S/C15H19F3O3/c1-4-10(2)12-5-7-13(8-6-12)20-9-14(19)21-11(3)15(16,17)18/h5-8,10-11H,4,9H2,1-3H3. The van der Waals surface area contributed by atoms with E-state index in [0.29, 0.717) is 11.7 Å². The Kier molecular flexibility index (Phi) is 6.05. The van der Waals surface area contributed by atoms with E-state index in [0.717, 1.165) is 18.9 Å². The first-order valence-corrected chi connectivity index (χ1v) is 6.73. The molecule has 0 amide bonds. The van der Waals surface area contributed by atoms with E-state index in [2.05, 4.69) is 18.6 Å². The minimum atomic E-state index is -4.56. The van der Waals surface area contributed by atoms with Gasteiger partial charge in [0.25, 0.3) is 0 Å². The van der Waals surface area contributed by atoms with Crippen molar-refractivity contribution in [3.05, 3.63) is 29.8 Å². The first-order valence-electron chi connectivity index (χ1n) is 6.73. The predicted octanol–water partition coefficient (Wildman–Crippen LogP) is 4.07. The summed E-state index contributed by atoms with van der Waals surface area (Å²) in [5, 5.41) is 0. The number of benzene rings is 1. The Labute approximate surface area is 122 Å². The van der Waals surface area contributed by atoms with Gasteiger partial charge >= 0.3 is 12.1 Å². The molecule has 2 unspecified atom stereocenters. The first kappa shape index (κ1) is 17.3. The Bertz CT molecular complexity index is 454. The summed E-state index contributed by atoms with van der Waals surface area (Å²) in [6, 6.07) is 7.10. The molecule has 0 N–H and O–H groups in total. The number of carbonyl (C=O) groups is 1. The van der Waals surface area contributed by atoms with Crippen molar-refractivity contribution in [3.63, 3.8) is 0 Å². The Morgan fingerprint density at radius 2 is 1.76 bits per heavy atom. The number of hydrogen-bond donors (Lipinski definition) is 0. The predicted molar refractivity (Wildman–Crippen MR) is 72.3 cm³/mol. The van der Waals surface area contributed by atoms with Crippen LogP contribution in [0.25, 0.3) is 0 Å². The fourth-order valence-corrected chi connectivity index (χ4v) is 1.57. The van der Waals surface area contributed by atoms with E-state index in [1.807, 2.05) is 12.1 Å². The van der Waals surface area contributed by atoms with E-state index in [1.54, 1.807) is 12.1 Å². The fourth-order valence-electron chi connectivity index (χ4n) is 1.57. The summed E-state index contributed by atoms with van der Waals surface area (Å²) in [5.74, 6) is -0.221. The highest BCUT2D eigenvalue weighted by molar-refractivity contribution is 5.71. The number of esters is 1. The lowest BCUT2D eigenvalue weighted by Gasteiger charge is -2.16. The van der Waals surface area contributed by atoms with Crippen molar-refractivity contribution >= 4 is 5.97 Å². The zero-order chi connectivity index (χ0) is 16.0. The zero-order valence-electron chi connectivity index (χ0n) is 12.2. The van der Waals surface area contributed by atoms with Crippen molar-refractivity contribution in [2.24, 2.45) is 0 Å². The van der Waals surface area contributed by atoms with Crippen molar-refractivity contribution in [1.29, 1.82) is 0 Å². The van der Waals surface area contributed by atoms with Crippen LogP contribution in [0.3, 0.4) is 0 Å². The minimum absolute atomic E-state index is 0.414. The molecule has 0 aliphatic rings. The quantitative estimate of drug-likeness (QED) is 0.743. The van der Waals surface area contributed by atoms with Gasteiger partial charge in [0, 0.05) is 0 Å². The molecule has 6 heteroatoms. The molecule has 0 aromatic heterocycles. The second-order valence-electron chi connectivity index (χ2n) is 4.84. The van der Waals surface area contributed by atoms with E-state index in [-0.39, 0.29) is 0 Å². The van der Waals surface area contributed by atoms with E-state index in [4.69, 9.17) is 4.74 Å². The average molecular weight is 304 g/mol. The Balaban J connectivity index is 2.46. The summed E-state index contributed by atoms with van der Waals surface area (Å²) >= 11 is 0. The van der Waals surface area contributed by atoms with Crippen LogP contribution in [0, 0.1) is 0 Å². The van der Waals surface area contributed by atoms with Crippen LogP contribution in [-0.2, 0) is 9.53 Å². The van der Waals surface area contributed by atoms with Crippen LogP contribution in [0.1, 0.15) is 38.7 Å². The maximum Gasteiger partial charge on any atom is 0.425 e. The lowest BCUT2D eigenvalue weighted by atomic mass is 9.99. The van der Waals surface area contributed by atoms with Crippen LogP contribution in [0.2, 0.25) is 0 Å². The SMILES string of the molecule is CCC(C)c1ccc(OCC(=O)OC(C)C(F)(F)F)cc1. The van der Waals surface area contributed by atoms with Gasteiger partial charge in [-0.2, -0.15) is 13.2 Å². The molecule has 1 aromatic rings. The van der Waals surface area contributed by atoms with Gasteiger partial charge in [-0.3, -0.25) is 0 Å². The van der Waals surface area contributed by atoms with E-state index < -0.39 is 24.9 Å². The number of ether oxygens (including phenoxy) is 2. The molecule has 0 saturated heterocycles. The van der Waals surface area contributed by atoms with Crippen LogP contribution in [0.4, 0.5) is 13.2 Å². The molecule has 21 heavy (non-hydrogen) atoms. The Hall–Kier alpha value is -1.72. The first-order chi connectivity index (χ1) is 9.74. The molecule has 0 saturated carbocycles. The Morgan fingerprint density at radius 1 is 1.19 bits per heavy atom. The molecular formula is C15H19F3O3. The molecule has 0 aliphatic carbocycles. The number of rotatable bonds is 6. The average Bonchev–Trinajstić information content (AvgIpc) is 2.43. The molecule has 3 nitrogen and oxygen atoms in total. The number of carbonyl (C=O) groups excluding carboxylic acids is 1. The molecule has 0 heterocycles. The molecule has 118 valence electrons. The third-order valence-electron chi connectivity index (χ3n) is 3.19. The lowest BCUT2D eigenvalue weighted by molar-refractivity contribution is -0.217. The molecule has 1 aromatic carbocycles. The molecule has 0 spiro atoms. The smallest absolute Gasteiger partial charge is 0.425 e. The van der Waals surface area contributed by atoms with Gasteiger partial charge in [0.1, 0.15) is 5.75 Å². The Morgan fingerprint density at radius 3 is 2.24 bits per heavy atom. The summed E-state index contributed by atoms with van der Waals surface area (Å²) in [6.45, 7) is 4.39. The summed E-state index contributed by atoms with van der Waals surface area (Å²) in [6.07, 6.45) is -5.70. The van der Waals surface area contributed by atoms with Crippen molar-refractivity contribution < 1.29 is 27.4 Å². The highest BCUT2D eigenvalue weighted by Gasteiger charge is 2.39. The van der Waals surface area contributed by atoms with Gasteiger partial charge < -0.3 is 9.47 Å². The highest BCUT2D eigenvalue weighted by atomic mass is 19.4. The number of halogens is 3. The van der Waals surface area contributed by atoms with Crippen molar-refractivity contribution in [1.82, 2.24) is 0 Å². The fraction of sp³-hybridized carbons (Fsp3) is 0.533. The third-order valence-corrected chi connectivity index (χ3v) is 3.19. The molecule has 1 rings (SSSR count). The van der Waals surface area contributed by atoms with Crippen molar-refractivity contribution in [2.45, 2.75) is 45.4 Å². The second kappa shape index (κ2) is 7.33. The second-order valence-corrected chi connectivity index (χ2v) is 4.84. The largest absolute Gasteiger partial charge is 0.482 e. The van der Waals surface area contributed by atoms with E-state index in [9.17, 15) is 18.0 Å². The molecule has 0 radical (unpaired) electrons. The van der Waals surface area contributed by atoms with Crippen LogP contribution < -0.4 is 4.74 Å². The normalized spacial score (nSPS) is 14.4. The van der Waals surface area contributed by atoms with Gasteiger partial charge in [-0.15, -0.1) is 0 Å². The van der Waals surface area contributed by atoms with Crippen molar-refractivity contribution in [2.75, 3.05) is 6.61 Å². The van der Waals surface area contributed by atoms with Crippen LogP contribution >= 0.6 is 0 Å². The monoisotopic (exact) mass is 304 g/mol. The van der Waals surface area contributed by atoms with Crippen molar-refractivity contribution in [3.8, 4) is 5.75 Å². The van der Waals surface area contributed by atoms with Crippen LogP contribution in [0.5, 0.6) is 5.75 Å². The number of alkyl halides is 3. The topological polar surface area (TPSA) is 35.5 Å². The van der Waals surface area contributed by atoms with Gasteiger partial charge in [0.15, 0.2) is 12.7 Å². The molecule has 0 aliphatic heterocycles.